The Hall–Kier alpha value is -2.35. The molecule has 18 heavy (non-hydrogen) atoms. The predicted octanol–water partition coefficient (Wildman–Crippen LogP) is 1.92. The monoisotopic (exact) mass is 241 g/mol. The smallest absolute Gasteiger partial charge is 0.144 e. The summed E-state index contributed by atoms with van der Waals surface area (Å²) < 4.78 is 1.93. The van der Waals surface area contributed by atoms with Crippen molar-refractivity contribution in [1.29, 1.82) is 5.26 Å². The minimum atomic E-state index is 0.550. The van der Waals surface area contributed by atoms with E-state index in [0.29, 0.717) is 17.9 Å². The van der Waals surface area contributed by atoms with Gasteiger partial charge in [-0.15, -0.1) is 0 Å². The molecule has 0 aliphatic rings. The van der Waals surface area contributed by atoms with Gasteiger partial charge in [0.15, 0.2) is 0 Å². The van der Waals surface area contributed by atoms with Crippen molar-refractivity contribution in [2.75, 3.05) is 5.32 Å². The zero-order valence-corrected chi connectivity index (χ0v) is 10.7. The fourth-order valence-corrected chi connectivity index (χ4v) is 1.84. The zero-order valence-electron chi connectivity index (χ0n) is 10.7. The number of aromatic nitrogens is 3. The van der Waals surface area contributed by atoms with Gasteiger partial charge in [0.2, 0.25) is 0 Å². The van der Waals surface area contributed by atoms with Crippen LogP contribution in [0.1, 0.15) is 22.6 Å². The van der Waals surface area contributed by atoms with Gasteiger partial charge in [-0.25, -0.2) is 9.97 Å². The molecule has 0 unspecified atom stereocenters. The third-order valence-corrected chi connectivity index (χ3v) is 2.79. The van der Waals surface area contributed by atoms with Crippen LogP contribution in [-0.2, 0) is 13.6 Å². The third kappa shape index (κ3) is 2.33. The van der Waals surface area contributed by atoms with E-state index in [-0.39, 0.29) is 0 Å². The number of nitrogens with zero attached hydrogens (tertiary/aromatic N) is 4. The Labute approximate surface area is 106 Å². The first-order valence-electron chi connectivity index (χ1n) is 5.70. The van der Waals surface area contributed by atoms with Gasteiger partial charge in [0, 0.05) is 25.1 Å². The molecule has 2 aromatic rings. The summed E-state index contributed by atoms with van der Waals surface area (Å²) >= 11 is 0. The standard InChI is InChI=1S/C13H15N5/c1-9-6-10(2)17-13(11(9)7-14)16-8-12-15-4-5-18(12)3/h4-6H,8H2,1-3H3,(H,16,17). The van der Waals surface area contributed by atoms with E-state index >= 15 is 0 Å². The molecule has 0 aliphatic carbocycles. The highest BCUT2D eigenvalue weighted by atomic mass is 15.1. The van der Waals surface area contributed by atoms with E-state index in [4.69, 9.17) is 5.26 Å². The van der Waals surface area contributed by atoms with E-state index in [2.05, 4.69) is 21.4 Å². The lowest BCUT2D eigenvalue weighted by Crippen LogP contribution is -2.09. The van der Waals surface area contributed by atoms with E-state index in [1.165, 1.54) is 0 Å². The average molecular weight is 241 g/mol. The van der Waals surface area contributed by atoms with Crippen molar-refractivity contribution in [3.05, 3.63) is 41.1 Å². The van der Waals surface area contributed by atoms with Gasteiger partial charge in [0.05, 0.1) is 12.1 Å². The first-order valence-corrected chi connectivity index (χ1v) is 5.70. The maximum Gasteiger partial charge on any atom is 0.144 e. The largest absolute Gasteiger partial charge is 0.362 e. The van der Waals surface area contributed by atoms with Crippen LogP contribution in [0.2, 0.25) is 0 Å². The van der Waals surface area contributed by atoms with Crippen LogP contribution >= 0.6 is 0 Å². The summed E-state index contributed by atoms with van der Waals surface area (Å²) in [7, 11) is 1.93. The highest BCUT2D eigenvalue weighted by Crippen LogP contribution is 2.17. The summed E-state index contributed by atoms with van der Waals surface area (Å²) in [5.41, 5.74) is 2.43. The SMILES string of the molecule is Cc1cc(C)c(C#N)c(NCc2nccn2C)n1. The molecule has 0 saturated heterocycles. The lowest BCUT2D eigenvalue weighted by Gasteiger charge is -2.10. The summed E-state index contributed by atoms with van der Waals surface area (Å²) in [5, 5.41) is 12.3. The molecule has 0 bridgehead atoms. The molecule has 2 heterocycles. The van der Waals surface area contributed by atoms with Crippen LogP contribution in [0.25, 0.3) is 0 Å². The van der Waals surface area contributed by atoms with Crippen molar-refractivity contribution in [3.63, 3.8) is 0 Å². The Bertz CT molecular complexity index is 606. The molecule has 0 aromatic carbocycles. The molecule has 5 nitrogen and oxygen atoms in total. The summed E-state index contributed by atoms with van der Waals surface area (Å²) in [6, 6.07) is 4.09. The molecule has 92 valence electrons. The molecule has 0 spiro atoms. The fourth-order valence-electron chi connectivity index (χ4n) is 1.84. The van der Waals surface area contributed by atoms with Crippen LogP contribution in [-0.4, -0.2) is 14.5 Å². The van der Waals surface area contributed by atoms with E-state index in [1.807, 2.05) is 37.7 Å². The number of nitriles is 1. The van der Waals surface area contributed by atoms with Crippen molar-refractivity contribution < 1.29 is 0 Å². The topological polar surface area (TPSA) is 66.5 Å². The number of hydrogen-bond acceptors (Lipinski definition) is 4. The molecule has 0 saturated carbocycles. The second kappa shape index (κ2) is 4.88. The van der Waals surface area contributed by atoms with Gasteiger partial charge in [-0.3, -0.25) is 0 Å². The molecule has 0 fully saturated rings. The molecule has 0 radical (unpaired) electrons. The fraction of sp³-hybridized carbons (Fsp3) is 0.308. The number of nitrogens with one attached hydrogen (secondary N) is 1. The van der Waals surface area contributed by atoms with Crippen LogP contribution in [0.5, 0.6) is 0 Å². The molecule has 2 rings (SSSR count). The summed E-state index contributed by atoms with van der Waals surface area (Å²) in [6.07, 6.45) is 3.63. The van der Waals surface area contributed by atoms with Gasteiger partial charge in [0.25, 0.3) is 0 Å². The normalized spacial score (nSPS) is 10.1. The minimum Gasteiger partial charge on any atom is -0.362 e. The minimum absolute atomic E-state index is 0.550. The number of pyridine rings is 1. The van der Waals surface area contributed by atoms with Gasteiger partial charge in [-0.2, -0.15) is 5.26 Å². The average Bonchev–Trinajstić information content (AvgIpc) is 2.71. The van der Waals surface area contributed by atoms with Gasteiger partial charge < -0.3 is 9.88 Å². The Kier molecular flexibility index (Phi) is 3.28. The van der Waals surface area contributed by atoms with E-state index in [1.54, 1.807) is 6.20 Å². The Morgan fingerprint density at radius 1 is 1.44 bits per heavy atom. The molecule has 2 aromatic heterocycles. The molecule has 1 N–H and O–H groups in total. The quantitative estimate of drug-likeness (QED) is 0.891. The van der Waals surface area contributed by atoms with Crippen molar-refractivity contribution in [3.8, 4) is 6.07 Å². The van der Waals surface area contributed by atoms with Crippen molar-refractivity contribution >= 4 is 5.82 Å². The highest BCUT2D eigenvalue weighted by Gasteiger charge is 2.09. The zero-order chi connectivity index (χ0) is 13.1. The van der Waals surface area contributed by atoms with Crippen LogP contribution in [0.4, 0.5) is 5.82 Å². The second-order valence-electron chi connectivity index (χ2n) is 4.22. The summed E-state index contributed by atoms with van der Waals surface area (Å²) in [5.74, 6) is 1.53. The predicted molar refractivity (Wildman–Crippen MR) is 69.0 cm³/mol. The van der Waals surface area contributed by atoms with Crippen molar-refractivity contribution in [2.45, 2.75) is 20.4 Å². The van der Waals surface area contributed by atoms with Crippen LogP contribution in [0, 0.1) is 25.2 Å². The lowest BCUT2D eigenvalue weighted by molar-refractivity contribution is 0.810. The number of hydrogen-bond donors (Lipinski definition) is 1. The number of rotatable bonds is 3. The van der Waals surface area contributed by atoms with Crippen LogP contribution in [0.15, 0.2) is 18.5 Å². The first-order chi connectivity index (χ1) is 8.61. The summed E-state index contributed by atoms with van der Waals surface area (Å²) in [4.78, 5) is 8.58. The van der Waals surface area contributed by atoms with Gasteiger partial charge in [-0.05, 0) is 25.5 Å². The summed E-state index contributed by atoms with van der Waals surface area (Å²) in [6.45, 7) is 4.38. The van der Waals surface area contributed by atoms with E-state index in [9.17, 15) is 0 Å². The number of anilines is 1. The molecule has 0 aliphatic heterocycles. The van der Waals surface area contributed by atoms with Crippen LogP contribution in [0.3, 0.4) is 0 Å². The van der Waals surface area contributed by atoms with E-state index < -0.39 is 0 Å². The molecule has 0 atom stereocenters. The van der Waals surface area contributed by atoms with Crippen molar-refractivity contribution in [1.82, 2.24) is 14.5 Å². The van der Waals surface area contributed by atoms with Gasteiger partial charge in [0.1, 0.15) is 17.7 Å². The maximum absolute atomic E-state index is 9.15. The molecular weight excluding hydrogens is 226 g/mol. The Balaban J connectivity index is 2.24. The molecule has 5 heteroatoms. The molecular formula is C13H15N5. The first kappa shape index (κ1) is 12.1. The van der Waals surface area contributed by atoms with Gasteiger partial charge in [-0.1, -0.05) is 0 Å². The highest BCUT2D eigenvalue weighted by molar-refractivity contribution is 5.56. The van der Waals surface area contributed by atoms with Gasteiger partial charge >= 0.3 is 0 Å². The third-order valence-electron chi connectivity index (χ3n) is 2.79. The Morgan fingerprint density at radius 3 is 2.83 bits per heavy atom. The second-order valence-corrected chi connectivity index (χ2v) is 4.22. The number of imidazole rings is 1. The van der Waals surface area contributed by atoms with E-state index in [0.717, 1.165) is 17.1 Å². The molecule has 0 amide bonds. The lowest BCUT2D eigenvalue weighted by atomic mass is 10.1. The van der Waals surface area contributed by atoms with Crippen molar-refractivity contribution in [2.24, 2.45) is 7.05 Å². The maximum atomic E-state index is 9.15. The van der Waals surface area contributed by atoms with Crippen LogP contribution < -0.4 is 5.32 Å². The Morgan fingerprint density at radius 2 is 2.22 bits per heavy atom. The number of aryl methyl sites for hydroxylation is 3.